The predicted octanol–water partition coefficient (Wildman–Crippen LogP) is 5.32. The number of para-hydroxylation sites is 1. The average Bonchev–Trinajstić information content (AvgIpc) is 2.80. The van der Waals surface area contributed by atoms with Crippen LogP contribution in [0.15, 0.2) is 84.9 Å². The molecule has 1 aliphatic heterocycles. The Kier molecular flexibility index (Phi) is 5.96. The summed E-state index contributed by atoms with van der Waals surface area (Å²) in [7, 11) is 1.56. The molecule has 0 spiro atoms. The van der Waals surface area contributed by atoms with E-state index in [1.54, 1.807) is 7.11 Å². The van der Waals surface area contributed by atoms with E-state index in [4.69, 9.17) is 9.47 Å². The molecule has 4 rings (SSSR count). The molecule has 3 aromatic rings. The van der Waals surface area contributed by atoms with Crippen LogP contribution in [0.3, 0.4) is 0 Å². The van der Waals surface area contributed by atoms with Crippen molar-refractivity contribution in [1.82, 2.24) is 0 Å². The van der Waals surface area contributed by atoms with Gasteiger partial charge in [0, 0.05) is 18.5 Å². The van der Waals surface area contributed by atoms with Crippen LogP contribution in [0, 0.1) is 0 Å². The van der Waals surface area contributed by atoms with Gasteiger partial charge in [-0.1, -0.05) is 72.8 Å². The van der Waals surface area contributed by atoms with E-state index in [1.165, 1.54) is 0 Å². The lowest BCUT2D eigenvalue weighted by Crippen LogP contribution is -2.43. The third-order valence-electron chi connectivity index (χ3n) is 5.31. The van der Waals surface area contributed by atoms with Crippen LogP contribution < -0.4 is 4.90 Å². The third-order valence-corrected chi connectivity index (χ3v) is 5.31. The second-order valence-corrected chi connectivity index (χ2v) is 7.08. The first-order valence-electron chi connectivity index (χ1n) is 10.1. The minimum absolute atomic E-state index is 0.305. The molecule has 0 amide bonds. The summed E-state index contributed by atoms with van der Waals surface area (Å²) in [6.07, 6.45) is 1.39. The van der Waals surface area contributed by atoms with Crippen LogP contribution >= 0.6 is 0 Å². The van der Waals surface area contributed by atoms with Crippen LogP contribution in [-0.4, -0.2) is 25.8 Å². The minimum Gasteiger partial charge on any atom is -0.464 e. The van der Waals surface area contributed by atoms with Crippen molar-refractivity contribution >= 4 is 23.4 Å². The highest BCUT2D eigenvalue weighted by molar-refractivity contribution is 5.95. The standard InChI is InChI=1S/C26H25NO3/c1-3-30-26(28)25(29-2)24-22-17-11-10-14-20(22)18-23(19-12-6-4-7-13-19)27(24)21-15-8-5-9-16-21/h4-18,24-25H,3H2,1-2H3. The quantitative estimate of drug-likeness (QED) is 0.526. The number of methoxy groups -OCH3 is 1. The van der Waals surface area contributed by atoms with Gasteiger partial charge < -0.3 is 14.4 Å². The maximum Gasteiger partial charge on any atom is 0.337 e. The Balaban J connectivity index is 1.95. The predicted molar refractivity (Wildman–Crippen MR) is 120 cm³/mol. The number of anilines is 1. The summed E-state index contributed by atoms with van der Waals surface area (Å²) in [5.74, 6) is -0.366. The van der Waals surface area contributed by atoms with Crippen molar-refractivity contribution < 1.29 is 14.3 Å². The van der Waals surface area contributed by atoms with E-state index in [1.807, 2.05) is 55.5 Å². The Morgan fingerprint density at radius 2 is 1.57 bits per heavy atom. The number of fused-ring (bicyclic) bond motifs is 1. The number of ether oxygens (including phenoxy) is 2. The number of nitrogens with zero attached hydrogens (tertiary/aromatic N) is 1. The summed E-state index contributed by atoms with van der Waals surface area (Å²) in [6.45, 7) is 2.11. The first-order valence-corrected chi connectivity index (χ1v) is 10.1. The van der Waals surface area contributed by atoms with Crippen molar-refractivity contribution in [3.05, 3.63) is 102 Å². The SMILES string of the molecule is CCOC(=O)C(OC)C1c2ccccc2C=C(c2ccccc2)N1c1ccccc1. The summed E-state index contributed by atoms with van der Waals surface area (Å²) >= 11 is 0. The molecule has 0 fully saturated rings. The number of esters is 1. The van der Waals surface area contributed by atoms with Crippen LogP contribution in [0.5, 0.6) is 0 Å². The molecule has 0 aliphatic carbocycles. The van der Waals surface area contributed by atoms with Gasteiger partial charge in [-0.25, -0.2) is 4.79 Å². The molecule has 2 atom stereocenters. The summed E-state index contributed by atoms with van der Waals surface area (Å²) in [5, 5.41) is 0. The Labute approximate surface area is 177 Å². The number of rotatable bonds is 6. The molecular formula is C26H25NO3. The number of hydrogen-bond acceptors (Lipinski definition) is 4. The van der Waals surface area contributed by atoms with Crippen molar-refractivity contribution in [3.8, 4) is 0 Å². The maximum absolute atomic E-state index is 12.9. The van der Waals surface area contributed by atoms with Crippen molar-refractivity contribution in [1.29, 1.82) is 0 Å². The Morgan fingerprint density at radius 1 is 0.933 bits per heavy atom. The summed E-state index contributed by atoms with van der Waals surface area (Å²) in [6, 6.07) is 28.1. The smallest absolute Gasteiger partial charge is 0.337 e. The van der Waals surface area contributed by atoms with Gasteiger partial charge in [0.2, 0.25) is 0 Å². The Bertz CT molecular complexity index is 1030. The molecule has 4 heteroatoms. The molecular weight excluding hydrogens is 374 g/mol. The van der Waals surface area contributed by atoms with Crippen LogP contribution in [0.2, 0.25) is 0 Å². The number of hydrogen-bond donors (Lipinski definition) is 0. The summed E-state index contributed by atoms with van der Waals surface area (Å²) in [5.41, 5.74) is 5.16. The van der Waals surface area contributed by atoms with Gasteiger partial charge >= 0.3 is 5.97 Å². The minimum atomic E-state index is -0.779. The van der Waals surface area contributed by atoms with E-state index in [2.05, 4.69) is 47.4 Å². The topological polar surface area (TPSA) is 38.8 Å². The molecule has 3 aromatic carbocycles. The number of carbonyl (C=O) groups is 1. The van der Waals surface area contributed by atoms with E-state index >= 15 is 0 Å². The first kappa shape index (κ1) is 19.9. The lowest BCUT2D eigenvalue weighted by Gasteiger charge is -2.42. The van der Waals surface area contributed by atoms with E-state index in [9.17, 15) is 4.79 Å². The zero-order chi connectivity index (χ0) is 20.9. The first-order chi connectivity index (χ1) is 14.7. The van der Waals surface area contributed by atoms with Gasteiger partial charge in [-0.3, -0.25) is 0 Å². The molecule has 0 radical (unpaired) electrons. The molecule has 0 N–H and O–H groups in total. The summed E-state index contributed by atoms with van der Waals surface area (Å²) in [4.78, 5) is 15.1. The fraction of sp³-hybridized carbons (Fsp3) is 0.192. The zero-order valence-electron chi connectivity index (χ0n) is 17.2. The van der Waals surface area contributed by atoms with E-state index in [0.717, 1.165) is 28.1 Å². The second kappa shape index (κ2) is 8.97. The molecule has 0 aromatic heterocycles. The van der Waals surface area contributed by atoms with Crippen LogP contribution in [0.1, 0.15) is 29.7 Å². The second-order valence-electron chi connectivity index (χ2n) is 7.08. The Morgan fingerprint density at radius 3 is 2.23 bits per heavy atom. The van der Waals surface area contributed by atoms with Gasteiger partial charge in [0.05, 0.1) is 12.6 Å². The highest BCUT2D eigenvalue weighted by atomic mass is 16.6. The van der Waals surface area contributed by atoms with Gasteiger partial charge in [-0.2, -0.15) is 0 Å². The highest BCUT2D eigenvalue weighted by Gasteiger charge is 2.40. The molecule has 30 heavy (non-hydrogen) atoms. The lowest BCUT2D eigenvalue weighted by molar-refractivity contribution is -0.156. The monoisotopic (exact) mass is 399 g/mol. The van der Waals surface area contributed by atoms with Crippen LogP contribution in [0.4, 0.5) is 5.69 Å². The zero-order valence-corrected chi connectivity index (χ0v) is 17.2. The molecule has 2 unspecified atom stereocenters. The Hall–Kier alpha value is -3.37. The van der Waals surface area contributed by atoms with Gasteiger partial charge in [0.15, 0.2) is 6.10 Å². The highest BCUT2D eigenvalue weighted by Crippen LogP contribution is 2.44. The molecule has 152 valence electrons. The van der Waals surface area contributed by atoms with Crippen LogP contribution in [-0.2, 0) is 14.3 Å². The molecule has 1 heterocycles. The summed E-state index contributed by atoms with van der Waals surface area (Å²) < 4.78 is 11.1. The average molecular weight is 399 g/mol. The van der Waals surface area contributed by atoms with E-state index in [-0.39, 0.29) is 12.0 Å². The lowest BCUT2D eigenvalue weighted by atomic mass is 9.88. The van der Waals surface area contributed by atoms with Crippen molar-refractivity contribution in [2.75, 3.05) is 18.6 Å². The number of carbonyl (C=O) groups excluding carboxylic acids is 1. The van der Waals surface area contributed by atoms with Crippen LogP contribution in [0.25, 0.3) is 11.8 Å². The van der Waals surface area contributed by atoms with Crippen molar-refractivity contribution in [2.45, 2.75) is 19.1 Å². The van der Waals surface area contributed by atoms with Gasteiger partial charge in [0.1, 0.15) is 0 Å². The van der Waals surface area contributed by atoms with E-state index in [0.29, 0.717) is 6.61 Å². The van der Waals surface area contributed by atoms with Gasteiger partial charge in [-0.15, -0.1) is 0 Å². The fourth-order valence-corrected chi connectivity index (χ4v) is 4.01. The maximum atomic E-state index is 12.9. The van der Waals surface area contributed by atoms with Crippen molar-refractivity contribution in [3.63, 3.8) is 0 Å². The largest absolute Gasteiger partial charge is 0.464 e. The molecule has 4 nitrogen and oxygen atoms in total. The third kappa shape index (κ3) is 3.74. The fourth-order valence-electron chi connectivity index (χ4n) is 4.01. The number of benzene rings is 3. The van der Waals surface area contributed by atoms with Gasteiger partial charge in [0.25, 0.3) is 0 Å². The molecule has 0 bridgehead atoms. The van der Waals surface area contributed by atoms with Gasteiger partial charge in [-0.05, 0) is 41.8 Å². The normalized spacial score (nSPS) is 16.4. The van der Waals surface area contributed by atoms with Crippen molar-refractivity contribution in [2.24, 2.45) is 0 Å². The molecule has 0 saturated carbocycles. The molecule has 0 saturated heterocycles. The molecule has 1 aliphatic rings. The van der Waals surface area contributed by atoms with E-state index < -0.39 is 6.10 Å².